The van der Waals surface area contributed by atoms with Gasteiger partial charge in [0.1, 0.15) is 0 Å². The quantitative estimate of drug-likeness (QED) is 0.163. The van der Waals surface area contributed by atoms with Gasteiger partial charge in [-0.2, -0.15) is 0 Å². The van der Waals surface area contributed by atoms with Crippen molar-refractivity contribution in [3.05, 3.63) is 194 Å². The number of benzene rings is 8. The molecule has 0 radical (unpaired) electrons. The summed E-state index contributed by atoms with van der Waals surface area (Å²) in [6.07, 6.45) is 0. The Hall–Kier alpha value is -6.29. The van der Waals surface area contributed by atoms with E-state index in [1.807, 2.05) is 11.8 Å². The molecule has 0 fully saturated rings. The van der Waals surface area contributed by atoms with E-state index in [0.717, 1.165) is 0 Å². The summed E-state index contributed by atoms with van der Waals surface area (Å²) in [6, 6.07) is 71.5. The average molecular weight is 690 g/mol. The fourth-order valence-corrected chi connectivity index (χ4v) is 9.85. The Morgan fingerprint density at radius 2 is 0.906 bits per heavy atom. The molecule has 0 N–H and O–H groups in total. The molecule has 1 nitrogen and oxygen atoms in total. The van der Waals surface area contributed by atoms with Crippen molar-refractivity contribution in [3.8, 4) is 61.5 Å². The molecule has 0 bridgehead atoms. The summed E-state index contributed by atoms with van der Waals surface area (Å²) in [7, 11) is 0. The van der Waals surface area contributed by atoms with Crippen LogP contribution in [0.3, 0.4) is 0 Å². The van der Waals surface area contributed by atoms with Crippen LogP contribution in [-0.2, 0) is 0 Å². The summed E-state index contributed by atoms with van der Waals surface area (Å²) >= 11 is 1.92. The van der Waals surface area contributed by atoms with Crippen LogP contribution in [0.25, 0.3) is 72.4 Å². The van der Waals surface area contributed by atoms with Crippen molar-refractivity contribution in [1.29, 1.82) is 0 Å². The second kappa shape index (κ2) is 12.2. The molecule has 0 saturated heterocycles. The first kappa shape index (κ1) is 30.4. The molecule has 0 spiro atoms. The predicted molar refractivity (Wildman–Crippen MR) is 226 cm³/mol. The third-order valence-corrected chi connectivity index (χ3v) is 12.2. The van der Waals surface area contributed by atoms with Crippen molar-refractivity contribution in [2.24, 2.45) is 0 Å². The van der Waals surface area contributed by atoms with Gasteiger partial charge in [0, 0.05) is 26.4 Å². The van der Waals surface area contributed by atoms with E-state index in [2.05, 4.69) is 199 Å². The van der Waals surface area contributed by atoms with E-state index < -0.39 is 0 Å². The summed E-state index contributed by atoms with van der Waals surface area (Å²) in [5.74, 6) is 0. The van der Waals surface area contributed by atoms with Crippen LogP contribution in [-0.4, -0.2) is 11.3 Å². The Labute approximate surface area is 314 Å². The number of fused-ring (bicyclic) bond motifs is 5. The maximum absolute atomic E-state index is 2.58. The molecule has 0 aliphatic carbocycles. The SMILES string of the molecule is c1ccc(-c2cccc(-c3ccc4c(c3)B3c5ccccc5-n5c(-c6ccccc6)c(-c6cccc(-c7ccccc7)c6)c6ccc(c3c65)S4)c2)cc1. The molecular formula is C50H32BNS. The fourth-order valence-electron chi connectivity index (χ4n) is 8.73. The fraction of sp³-hybridized carbons (Fsp3) is 0. The van der Waals surface area contributed by atoms with E-state index >= 15 is 0 Å². The second-order valence-electron chi connectivity index (χ2n) is 14.0. The van der Waals surface area contributed by atoms with Crippen molar-refractivity contribution in [1.82, 2.24) is 4.57 Å². The van der Waals surface area contributed by atoms with Gasteiger partial charge in [0.2, 0.25) is 6.71 Å². The van der Waals surface area contributed by atoms with Crippen molar-refractivity contribution in [2.75, 3.05) is 0 Å². The predicted octanol–water partition coefficient (Wildman–Crippen LogP) is 11.3. The van der Waals surface area contributed by atoms with Crippen molar-refractivity contribution in [3.63, 3.8) is 0 Å². The minimum atomic E-state index is 0.118. The lowest BCUT2D eigenvalue weighted by Gasteiger charge is -2.33. The maximum Gasteiger partial charge on any atom is 0.249 e. The lowest BCUT2D eigenvalue weighted by Crippen LogP contribution is -2.58. The molecule has 0 saturated carbocycles. The van der Waals surface area contributed by atoms with Gasteiger partial charge in [0.25, 0.3) is 0 Å². The van der Waals surface area contributed by atoms with E-state index in [-0.39, 0.29) is 6.71 Å². The smallest absolute Gasteiger partial charge is 0.249 e. The number of hydrogen-bond donors (Lipinski definition) is 0. The molecule has 0 unspecified atom stereocenters. The van der Waals surface area contributed by atoms with Crippen molar-refractivity contribution < 1.29 is 0 Å². The number of para-hydroxylation sites is 1. The zero-order chi connectivity index (χ0) is 34.9. The summed E-state index contributed by atoms with van der Waals surface area (Å²) in [5, 5.41) is 1.29. The van der Waals surface area contributed by atoms with Gasteiger partial charge in [-0.3, -0.25) is 0 Å². The monoisotopic (exact) mass is 689 g/mol. The molecular weight excluding hydrogens is 657 g/mol. The largest absolute Gasteiger partial charge is 0.310 e. The number of hydrogen-bond acceptors (Lipinski definition) is 1. The van der Waals surface area contributed by atoms with Crippen LogP contribution in [0.1, 0.15) is 0 Å². The van der Waals surface area contributed by atoms with Crippen LogP contribution >= 0.6 is 11.8 Å². The lowest BCUT2D eigenvalue weighted by molar-refractivity contribution is 1.14. The molecule has 8 aromatic carbocycles. The maximum atomic E-state index is 2.58. The van der Waals surface area contributed by atoms with Gasteiger partial charge in [0.15, 0.2) is 0 Å². The van der Waals surface area contributed by atoms with Gasteiger partial charge in [-0.05, 0) is 85.8 Å². The molecule has 0 amide bonds. The van der Waals surface area contributed by atoms with E-state index in [1.54, 1.807) is 0 Å². The molecule has 3 heteroatoms. The molecule has 9 aromatic rings. The molecule has 2 aliphatic rings. The minimum Gasteiger partial charge on any atom is -0.310 e. The lowest BCUT2D eigenvalue weighted by atomic mass is 9.35. The summed E-state index contributed by atoms with van der Waals surface area (Å²) < 4.78 is 2.58. The van der Waals surface area contributed by atoms with Gasteiger partial charge < -0.3 is 4.57 Å². The summed E-state index contributed by atoms with van der Waals surface area (Å²) in [6.45, 7) is 0.118. The number of aromatic nitrogens is 1. The highest BCUT2D eigenvalue weighted by molar-refractivity contribution is 8.00. The highest BCUT2D eigenvalue weighted by Gasteiger charge is 2.40. The van der Waals surface area contributed by atoms with Crippen molar-refractivity contribution in [2.45, 2.75) is 9.79 Å². The number of nitrogens with zero attached hydrogens (tertiary/aromatic N) is 1. The molecule has 3 heterocycles. The second-order valence-corrected chi connectivity index (χ2v) is 15.1. The first-order valence-corrected chi connectivity index (χ1v) is 19.1. The van der Waals surface area contributed by atoms with Crippen LogP contribution in [0, 0.1) is 0 Å². The standard InChI is InChI=1S/C50H32BNS/c1-4-14-33(15-5-1)36-20-12-22-38(30-36)39-26-28-45-43(32-39)51-42-24-10-11-25-44(42)52-49(35-18-8-3-9-19-35)47(41-27-29-46(53-45)48(51)50(41)52)40-23-13-21-37(31-40)34-16-6-2-7-17-34/h1-32H. The zero-order valence-electron chi connectivity index (χ0n) is 28.9. The highest BCUT2D eigenvalue weighted by Crippen LogP contribution is 2.46. The van der Waals surface area contributed by atoms with Gasteiger partial charge in [-0.15, -0.1) is 0 Å². The molecule has 53 heavy (non-hydrogen) atoms. The normalized spacial score (nSPS) is 12.4. The molecule has 11 rings (SSSR count). The Balaban J connectivity index is 1.17. The van der Waals surface area contributed by atoms with Crippen LogP contribution in [0.2, 0.25) is 0 Å². The molecule has 1 aromatic heterocycles. The zero-order valence-corrected chi connectivity index (χ0v) is 29.7. The van der Waals surface area contributed by atoms with Crippen LogP contribution < -0.4 is 16.4 Å². The molecule has 2 aliphatic heterocycles. The van der Waals surface area contributed by atoms with Gasteiger partial charge in [-0.1, -0.05) is 181 Å². The Morgan fingerprint density at radius 3 is 1.60 bits per heavy atom. The molecule has 246 valence electrons. The van der Waals surface area contributed by atoms with Gasteiger partial charge in [0.05, 0.1) is 11.2 Å². The van der Waals surface area contributed by atoms with Crippen LogP contribution in [0.4, 0.5) is 0 Å². The first-order valence-electron chi connectivity index (χ1n) is 18.3. The highest BCUT2D eigenvalue weighted by atomic mass is 32.2. The van der Waals surface area contributed by atoms with Crippen LogP contribution in [0.5, 0.6) is 0 Å². The summed E-state index contributed by atoms with van der Waals surface area (Å²) in [5.41, 5.74) is 19.1. The van der Waals surface area contributed by atoms with E-state index in [4.69, 9.17) is 0 Å². The summed E-state index contributed by atoms with van der Waals surface area (Å²) in [4.78, 5) is 2.67. The topological polar surface area (TPSA) is 4.93 Å². The van der Waals surface area contributed by atoms with Gasteiger partial charge >= 0.3 is 0 Å². The third kappa shape index (κ3) is 4.81. The number of rotatable bonds is 5. The molecule has 0 atom stereocenters. The van der Waals surface area contributed by atoms with E-state index in [9.17, 15) is 0 Å². The van der Waals surface area contributed by atoms with Gasteiger partial charge in [-0.25, -0.2) is 0 Å². The van der Waals surface area contributed by atoms with Crippen molar-refractivity contribution >= 4 is 45.8 Å². The Kier molecular flexibility index (Phi) is 6.96. The average Bonchev–Trinajstić information content (AvgIpc) is 3.60. The Morgan fingerprint density at radius 1 is 0.377 bits per heavy atom. The first-order chi connectivity index (χ1) is 26.3. The van der Waals surface area contributed by atoms with E-state index in [1.165, 1.54) is 98.5 Å². The Bertz CT molecular complexity index is 2860. The minimum absolute atomic E-state index is 0.118. The van der Waals surface area contributed by atoms with E-state index in [0.29, 0.717) is 0 Å². The van der Waals surface area contributed by atoms with Crippen LogP contribution in [0.15, 0.2) is 204 Å². The third-order valence-electron chi connectivity index (χ3n) is 11.1.